The van der Waals surface area contributed by atoms with Crippen LogP contribution in [0.4, 0.5) is 0 Å². The van der Waals surface area contributed by atoms with Crippen molar-refractivity contribution in [1.82, 2.24) is 20.0 Å². The van der Waals surface area contributed by atoms with Crippen LogP contribution in [-0.4, -0.2) is 32.3 Å². The zero-order valence-electron chi connectivity index (χ0n) is 13.3. The smallest absolute Gasteiger partial charge is 0.275 e. The lowest BCUT2D eigenvalue weighted by Gasteiger charge is -2.16. The largest absolute Gasteiger partial charge is 0.332 e. The first-order valence-corrected chi connectivity index (χ1v) is 7.60. The van der Waals surface area contributed by atoms with Crippen molar-refractivity contribution in [2.75, 3.05) is 0 Å². The fourth-order valence-electron chi connectivity index (χ4n) is 2.63. The lowest BCUT2D eigenvalue weighted by Crippen LogP contribution is -2.46. The fourth-order valence-corrected chi connectivity index (χ4v) is 2.63. The second-order valence-electron chi connectivity index (χ2n) is 5.55. The molecular formula is C16H16N4O4. The first kappa shape index (κ1) is 15.9. The molecule has 1 N–H and O–H groups in total. The third-order valence-corrected chi connectivity index (χ3v) is 3.91. The van der Waals surface area contributed by atoms with Crippen LogP contribution in [0.15, 0.2) is 23.1 Å². The van der Waals surface area contributed by atoms with E-state index in [0.29, 0.717) is 22.6 Å². The molecule has 0 radical (unpaired) electrons. The highest BCUT2D eigenvalue weighted by Crippen LogP contribution is 2.12. The summed E-state index contributed by atoms with van der Waals surface area (Å²) in [6.45, 7) is 4.19. The van der Waals surface area contributed by atoms with Crippen LogP contribution in [0.1, 0.15) is 35.8 Å². The number of fused-ring (bicyclic) bond motifs is 1. The Morgan fingerprint density at radius 2 is 1.88 bits per heavy atom. The molecular weight excluding hydrogens is 312 g/mol. The topological polar surface area (TPSA) is 101 Å². The van der Waals surface area contributed by atoms with Gasteiger partial charge < -0.3 is 4.57 Å². The monoisotopic (exact) mass is 328 g/mol. The van der Waals surface area contributed by atoms with E-state index >= 15 is 0 Å². The molecule has 0 spiro atoms. The summed E-state index contributed by atoms with van der Waals surface area (Å²) in [5.41, 5.74) is 2.85. The van der Waals surface area contributed by atoms with Gasteiger partial charge in [-0.15, -0.1) is 0 Å². The van der Waals surface area contributed by atoms with Gasteiger partial charge in [0.05, 0.1) is 5.39 Å². The molecule has 24 heavy (non-hydrogen) atoms. The summed E-state index contributed by atoms with van der Waals surface area (Å²) in [6.07, 6.45) is 1.51. The van der Waals surface area contributed by atoms with Gasteiger partial charge in [-0.05, 0) is 26.0 Å². The van der Waals surface area contributed by atoms with E-state index in [4.69, 9.17) is 0 Å². The Morgan fingerprint density at radius 3 is 2.50 bits per heavy atom. The molecule has 3 heterocycles. The van der Waals surface area contributed by atoms with E-state index in [1.165, 1.54) is 6.20 Å². The van der Waals surface area contributed by atoms with Gasteiger partial charge in [-0.25, -0.2) is 4.98 Å². The Morgan fingerprint density at radius 1 is 1.21 bits per heavy atom. The Kier molecular flexibility index (Phi) is 3.88. The van der Waals surface area contributed by atoms with Crippen LogP contribution in [-0.2, 0) is 16.1 Å². The van der Waals surface area contributed by atoms with E-state index in [9.17, 15) is 19.2 Å². The number of nitrogens with one attached hydrogen (secondary N) is 1. The maximum Gasteiger partial charge on any atom is 0.275 e. The van der Waals surface area contributed by atoms with Crippen molar-refractivity contribution >= 4 is 28.8 Å². The molecule has 0 aliphatic carbocycles. The lowest BCUT2D eigenvalue weighted by molar-refractivity contribution is -0.141. The molecule has 0 bridgehead atoms. The summed E-state index contributed by atoms with van der Waals surface area (Å²) < 4.78 is 1.69. The normalized spacial score (nSPS) is 14.5. The SMILES string of the molecule is CCn1cc(C(=O)NN2C(=O)CCC2=O)c(=O)c2ccc(C)nc21. The van der Waals surface area contributed by atoms with E-state index in [1.807, 2.05) is 13.8 Å². The predicted molar refractivity (Wildman–Crippen MR) is 85.0 cm³/mol. The molecule has 3 amide bonds. The summed E-state index contributed by atoms with van der Waals surface area (Å²) >= 11 is 0. The van der Waals surface area contributed by atoms with Crippen LogP contribution in [0.25, 0.3) is 11.0 Å². The van der Waals surface area contributed by atoms with Crippen LogP contribution in [0.2, 0.25) is 0 Å². The molecule has 124 valence electrons. The lowest BCUT2D eigenvalue weighted by atomic mass is 10.1. The molecule has 8 heteroatoms. The highest BCUT2D eigenvalue weighted by molar-refractivity contribution is 6.05. The Hall–Kier alpha value is -3.03. The molecule has 8 nitrogen and oxygen atoms in total. The van der Waals surface area contributed by atoms with Gasteiger partial charge in [0.15, 0.2) is 0 Å². The summed E-state index contributed by atoms with van der Waals surface area (Å²) in [5.74, 6) is -1.75. The molecule has 1 saturated heterocycles. The molecule has 2 aromatic rings. The zero-order chi connectivity index (χ0) is 17.4. The first-order chi connectivity index (χ1) is 11.4. The fraction of sp³-hybridized carbons (Fsp3) is 0.312. The number of rotatable bonds is 3. The van der Waals surface area contributed by atoms with Gasteiger partial charge in [-0.3, -0.25) is 24.6 Å². The molecule has 0 saturated carbocycles. The average molecular weight is 328 g/mol. The van der Waals surface area contributed by atoms with Crippen molar-refractivity contribution in [1.29, 1.82) is 0 Å². The first-order valence-electron chi connectivity index (χ1n) is 7.60. The minimum absolute atomic E-state index is 0.0548. The average Bonchev–Trinajstić information content (AvgIpc) is 2.87. The zero-order valence-corrected chi connectivity index (χ0v) is 13.3. The van der Waals surface area contributed by atoms with Crippen molar-refractivity contribution < 1.29 is 14.4 Å². The summed E-state index contributed by atoms with van der Waals surface area (Å²) in [4.78, 5) is 52.5. The minimum Gasteiger partial charge on any atom is -0.332 e. The van der Waals surface area contributed by atoms with Gasteiger partial charge in [-0.2, -0.15) is 5.01 Å². The summed E-state index contributed by atoms with van der Waals surface area (Å²) in [5, 5.41) is 0.990. The van der Waals surface area contributed by atoms with Crippen LogP contribution < -0.4 is 10.9 Å². The molecule has 3 rings (SSSR count). The number of carbonyl (C=O) groups excluding carboxylic acids is 3. The van der Waals surface area contributed by atoms with E-state index < -0.39 is 23.2 Å². The predicted octanol–water partition coefficient (Wildman–Crippen LogP) is 0.519. The molecule has 1 aliphatic heterocycles. The quantitative estimate of drug-likeness (QED) is 0.828. The number of hydrazine groups is 1. The maximum atomic E-state index is 12.6. The summed E-state index contributed by atoms with van der Waals surface area (Å²) in [7, 11) is 0. The van der Waals surface area contributed by atoms with Crippen LogP contribution >= 0.6 is 0 Å². The number of imide groups is 1. The molecule has 0 unspecified atom stereocenters. The standard InChI is InChI=1S/C16H16N4O4/c1-3-19-8-11(14(23)10-5-4-9(2)17-15(10)19)16(24)18-20-12(21)6-7-13(20)22/h4-5,8H,3,6-7H2,1-2H3,(H,18,24). The number of carbonyl (C=O) groups is 3. The van der Waals surface area contributed by atoms with Crippen LogP contribution in [0, 0.1) is 6.92 Å². The van der Waals surface area contributed by atoms with Crippen molar-refractivity contribution in [3.8, 4) is 0 Å². The van der Waals surface area contributed by atoms with Crippen molar-refractivity contribution in [2.45, 2.75) is 33.2 Å². The Labute approximate surface area is 137 Å². The van der Waals surface area contributed by atoms with E-state index in [2.05, 4.69) is 10.4 Å². The highest BCUT2D eigenvalue weighted by Gasteiger charge is 2.31. The van der Waals surface area contributed by atoms with E-state index in [0.717, 1.165) is 5.69 Å². The number of nitrogens with zero attached hydrogens (tertiary/aromatic N) is 3. The number of pyridine rings is 2. The van der Waals surface area contributed by atoms with E-state index in [-0.39, 0.29) is 18.4 Å². The molecule has 0 atom stereocenters. The Balaban J connectivity index is 2.06. The number of aromatic nitrogens is 2. The number of hydrogen-bond donors (Lipinski definition) is 1. The van der Waals surface area contributed by atoms with Crippen molar-refractivity contribution in [3.05, 3.63) is 39.8 Å². The van der Waals surface area contributed by atoms with Crippen LogP contribution in [0.5, 0.6) is 0 Å². The van der Waals surface area contributed by atoms with Gasteiger partial charge in [0.2, 0.25) is 17.2 Å². The van der Waals surface area contributed by atoms with Gasteiger partial charge in [0, 0.05) is 31.3 Å². The molecule has 0 aromatic carbocycles. The van der Waals surface area contributed by atoms with Crippen molar-refractivity contribution in [2.24, 2.45) is 0 Å². The Bertz CT molecular complexity index is 916. The molecule has 1 fully saturated rings. The summed E-state index contributed by atoms with van der Waals surface area (Å²) in [6, 6.07) is 3.31. The van der Waals surface area contributed by atoms with Gasteiger partial charge in [0.25, 0.3) is 5.91 Å². The second-order valence-corrected chi connectivity index (χ2v) is 5.55. The third-order valence-electron chi connectivity index (χ3n) is 3.91. The minimum atomic E-state index is -0.784. The van der Waals surface area contributed by atoms with E-state index in [1.54, 1.807) is 16.7 Å². The number of hydrogen-bond acceptors (Lipinski definition) is 5. The third kappa shape index (κ3) is 2.55. The van der Waals surface area contributed by atoms with Gasteiger partial charge in [-0.1, -0.05) is 0 Å². The number of aryl methyl sites for hydroxylation is 2. The highest BCUT2D eigenvalue weighted by atomic mass is 16.2. The van der Waals surface area contributed by atoms with Gasteiger partial charge in [0.1, 0.15) is 11.2 Å². The molecule has 1 aliphatic rings. The van der Waals surface area contributed by atoms with Gasteiger partial charge >= 0.3 is 0 Å². The second kappa shape index (κ2) is 5.88. The van der Waals surface area contributed by atoms with Crippen LogP contribution in [0.3, 0.4) is 0 Å². The maximum absolute atomic E-state index is 12.6. The molecule has 2 aromatic heterocycles. The van der Waals surface area contributed by atoms with Crippen molar-refractivity contribution in [3.63, 3.8) is 0 Å². The number of amides is 3.